The fourth-order valence-electron chi connectivity index (χ4n) is 2.64. The van der Waals surface area contributed by atoms with Crippen molar-refractivity contribution in [3.05, 3.63) is 0 Å². The molecule has 2 rings (SSSR count). The summed E-state index contributed by atoms with van der Waals surface area (Å²) in [5, 5.41) is 67.5. The molecular weight excluding hydrogens is 354 g/mol. The van der Waals surface area contributed by atoms with Crippen molar-refractivity contribution in [1.82, 2.24) is 0 Å². The lowest BCUT2D eigenvalue weighted by molar-refractivity contribution is -0.502. The van der Waals surface area contributed by atoms with Crippen LogP contribution in [0.4, 0.5) is 0 Å². The summed E-state index contributed by atoms with van der Waals surface area (Å²) in [6.45, 7) is -1.22. The highest BCUT2D eigenvalue weighted by Crippen LogP contribution is 2.27. The second-order valence-electron chi connectivity index (χ2n) is 5.70. The number of aliphatic hydroxyl groups is 7. The van der Waals surface area contributed by atoms with Crippen molar-refractivity contribution >= 4 is 0 Å². The summed E-state index contributed by atoms with van der Waals surface area (Å²) in [6, 6.07) is -0.979. The number of ether oxygens (including phenoxy) is 3. The molecule has 0 aromatic rings. The van der Waals surface area contributed by atoms with Gasteiger partial charge in [0.15, 0.2) is 12.3 Å². The van der Waals surface area contributed by atoms with Crippen LogP contribution in [0, 0.1) is 0 Å². The Balaban J connectivity index is 0.00000288. The van der Waals surface area contributed by atoms with Crippen LogP contribution in [0.1, 0.15) is 0 Å². The van der Waals surface area contributed by atoms with Gasteiger partial charge < -0.3 is 68.1 Å². The maximum Gasteiger partial charge on any atom is 0.211 e. The van der Waals surface area contributed by atoms with Crippen molar-refractivity contribution in [2.24, 2.45) is 0 Å². The predicted octanol–water partition coefficient (Wildman–Crippen LogP) is -9.14. The highest BCUT2D eigenvalue weighted by molar-refractivity contribution is 4.93. The van der Waals surface area contributed by atoms with Gasteiger partial charge in [0.25, 0.3) is 0 Å². The molecule has 2 saturated heterocycles. The first-order chi connectivity index (χ1) is 10.8. The van der Waals surface area contributed by atoms with Gasteiger partial charge in [-0.1, -0.05) is 0 Å². The Morgan fingerprint density at radius 3 is 1.92 bits per heavy atom. The third-order valence-electron chi connectivity index (χ3n) is 4.14. The first-order valence-corrected chi connectivity index (χ1v) is 7.23. The van der Waals surface area contributed by atoms with E-state index in [9.17, 15) is 30.6 Å². The van der Waals surface area contributed by atoms with Crippen molar-refractivity contribution in [3.8, 4) is 0 Å². The average Bonchev–Trinajstić information content (AvgIpc) is 2.55. The summed E-state index contributed by atoms with van der Waals surface area (Å²) in [4.78, 5) is 0. The molecule has 0 radical (unpaired) electrons. The van der Waals surface area contributed by atoms with Crippen LogP contribution < -0.4 is 18.1 Å². The summed E-state index contributed by atoms with van der Waals surface area (Å²) in [5.41, 5.74) is 3.53. The van der Waals surface area contributed by atoms with Gasteiger partial charge in [-0.2, -0.15) is 0 Å². The van der Waals surface area contributed by atoms with Gasteiger partial charge in [0, 0.05) is 0 Å². The monoisotopic (exact) mass is 377 g/mol. The molecule has 10 atom stereocenters. The molecule has 11 nitrogen and oxygen atoms in total. The lowest BCUT2D eigenvalue weighted by Crippen LogP contribution is -3.00. The van der Waals surface area contributed by atoms with E-state index in [1.54, 1.807) is 0 Å². The van der Waals surface area contributed by atoms with E-state index in [0.717, 1.165) is 0 Å². The van der Waals surface area contributed by atoms with Crippen molar-refractivity contribution in [2.45, 2.75) is 61.3 Å². The molecule has 0 amide bonds. The quantitative estimate of drug-likeness (QED) is 0.233. The van der Waals surface area contributed by atoms with Crippen LogP contribution in [0.3, 0.4) is 0 Å². The van der Waals surface area contributed by atoms with Crippen LogP contribution >= 0.6 is 0 Å². The summed E-state index contributed by atoms with van der Waals surface area (Å²) in [6.07, 6.45) is -12.6. The highest BCUT2D eigenvalue weighted by atomic mass is 35.5. The number of halogens is 1. The van der Waals surface area contributed by atoms with Crippen LogP contribution in [-0.2, 0) is 14.2 Å². The normalized spacial score (nSPS) is 49.5. The molecule has 2 aliphatic heterocycles. The molecular formula is C12H24ClNO10. The fourth-order valence-corrected chi connectivity index (χ4v) is 2.64. The molecule has 0 bridgehead atoms. The summed E-state index contributed by atoms with van der Waals surface area (Å²) in [5.74, 6) is 0. The maximum absolute atomic E-state index is 10.1. The molecule has 5 unspecified atom stereocenters. The summed E-state index contributed by atoms with van der Waals surface area (Å²) in [7, 11) is 0. The summed E-state index contributed by atoms with van der Waals surface area (Å²) < 4.78 is 15.6. The second-order valence-corrected chi connectivity index (χ2v) is 5.70. The average molecular weight is 378 g/mol. The molecule has 12 heteroatoms. The first kappa shape index (κ1) is 21.9. The number of quaternary nitrogens is 1. The predicted molar refractivity (Wildman–Crippen MR) is 69.3 cm³/mol. The van der Waals surface area contributed by atoms with E-state index in [0.29, 0.717) is 0 Å². The highest BCUT2D eigenvalue weighted by Gasteiger charge is 2.50. The Morgan fingerprint density at radius 1 is 0.792 bits per heavy atom. The van der Waals surface area contributed by atoms with Gasteiger partial charge >= 0.3 is 0 Å². The molecule has 0 aliphatic carbocycles. The topological polar surface area (TPSA) is 197 Å². The molecule has 2 fully saturated rings. The third-order valence-corrected chi connectivity index (χ3v) is 4.14. The standard InChI is InChI=1S/C12H23NO10.ClH/c13-5-7(17)10(4(2-15)21-11(5)20)23-12-9(19)8(18)6(16)3(1-14)22-12;/h3-12,14-20H,1-2,13H2;1H/t3?,4?,5?,6-,7+,8-,9?,10+,11?,12-;/m0./s1. The van der Waals surface area contributed by atoms with Gasteiger partial charge in [0.2, 0.25) is 6.29 Å². The van der Waals surface area contributed by atoms with E-state index in [4.69, 9.17) is 19.3 Å². The number of rotatable bonds is 4. The van der Waals surface area contributed by atoms with E-state index in [-0.39, 0.29) is 12.4 Å². The first-order valence-electron chi connectivity index (χ1n) is 7.23. The molecule has 10 N–H and O–H groups in total. The Morgan fingerprint density at radius 2 is 1.38 bits per heavy atom. The van der Waals surface area contributed by atoms with E-state index in [1.807, 2.05) is 0 Å². The molecule has 2 aliphatic rings. The van der Waals surface area contributed by atoms with Gasteiger partial charge in [-0.05, 0) is 0 Å². The number of aliphatic hydroxyl groups excluding tert-OH is 7. The van der Waals surface area contributed by atoms with E-state index < -0.39 is 74.6 Å². The molecule has 144 valence electrons. The lowest BCUT2D eigenvalue weighted by Gasteiger charge is -2.44. The van der Waals surface area contributed by atoms with Crippen LogP contribution in [0.2, 0.25) is 0 Å². The largest absolute Gasteiger partial charge is 1.00 e. The number of hydrogen-bond acceptors (Lipinski definition) is 10. The summed E-state index contributed by atoms with van der Waals surface area (Å²) >= 11 is 0. The zero-order chi connectivity index (χ0) is 17.3. The molecule has 0 aromatic carbocycles. The second kappa shape index (κ2) is 8.98. The smallest absolute Gasteiger partial charge is 0.211 e. The molecule has 0 aromatic heterocycles. The Hall–Kier alpha value is -0.150. The van der Waals surface area contributed by atoms with Crippen molar-refractivity contribution in [2.75, 3.05) is 13.2 Å². The van der Waals surface area contributed by atoms with Crippen LogP contribution in [0.25, 0.3) is 0 Å². The third kappa shape index (κ3) is 4.15. The van der Waals surface area contributed by atoms with E-state index in [2.05, 4.69) is 5.73 Å². The molecule has 0 spiro atoms. The van der Waals surface area contributed by atoms with Gasteiger partial charge in [-0.3, -0.25) is 0 Å². The minimum atomic E-state index is -1.66. The number of hydrogen-bond donors (Lipinski definition) is 8. The Kier molecular flexibility index (Phi) is 8.19. The van der Waals surface area contributed by atoms with Crippen molar-refractivity contribution in [1.29, 1.82) is 0 Å². The van der Waals surface area contributed by atoms with E-state index in [1.165, 1.54) is 0 Å². The maximum atomic E-state index is 10.1. The fraction of sp³-hybridized carbons (Fsp3) is 1.00. The van der Waals surface area contributed by atoms with Crippen molar-refractivity contribution < 1.29 is 68.1 Å². The van der Waals surface area contributed by atoms with Crippen LogP contribution in [-0.4, -0.2) is 110 Å². The van der Waals surface area contributed by atoms with Crippen LogP contribution in [0.15, 0.2) is 0 Å². The SMILES string of the molecule is [Cl-].[NH3+]C1C(O)OC(CO)[C@@H](O[C@@H]2OC(CO)[C@H](O)[C@H](O)C2O)[C@@H]1O. The van der Waals surface area contributed by atoms with Gasteiger partial charge in [0.1, 0.15) is 42.7 Å². The Bertz CT molecular complexity index is 389. The minimum absolute atomic E-state index is 0. The van der Waals surface area contributed by atoms with E-state index >= 15 is 0 Å². The minimum Gasteiger partial charge on any atom is -1.00 e. The zero-order valence-corrected chi connectivity index (χ0v) is 13.4. The Labute approximate surface area is 143 Å². The zero-order valence-electron chi connectivity index (χ0n) is 12.6. The van der Waals surface area contributed by atoms with Gasteiger partial charge in [-0.15, -0.1) is 0 Å². The molecule has 2 heterocycles. The molecule has 0 saturated carbocycles. The van der Waals surface area contributed by atoms with Gasteiger partial charge in [-0.25, -0.2) is 0 Å². The van der Waals surface area contributed by atoms with Crippen molar-refractivity contribution in [3.63, 3.8) is 0 Å². The molecule has 24 heavy (non-hydrogen) atoms. The van der Waals surface area contributed by atoms with Crippen LogP contribution in [0.5, 0.6) is 0 Å². The van der Waals surface area contributed by atoms with Gasteiger partial charge in [0.05, 0.1) is 13.2 Å². The lowest BCUT2D eigenvalue weighted by atomic mass is 9.96.